The van der Waals surface area contributed by atoms with Crippen LogP contribution in [0.25, 0.3) is 0 Å². The summed E-state index contributed by atoms with van der Waals surface area (Å²) in [5.41, 5.74) is 2.59. The van der Waals surface area contributed by atoms with Crippen LogP contribution in [-0.4, -0.2) is 22.0 Å². The smallest absolute Gasteiger partial charge is 0.335 e. The Morgan fingerprint density at radius 1 is 1.15 bits per heavy atom. The molecule has 0 bridgehead atoms. The van der Waals surface area contributed by atoms with Gasteiger partial charge in [-0.05, 0) is 49.2 Å². The topological polar surface area (TPSA) is 79.3 Å². The summed E-state index contributed by atoms with van der Waals surface area (Å²) in [6, 6.07) is 8.12. The third-order valence-corrected chi connectivity index (χ3v) is 2.95. The molecule has 5 heteroatoms. The molecule has 1 amide bonds. The lowest BCUT2D eigenvalue weighted by Gasteiger charge is -2.09. The number of aryl methyl sites for hydroxylation is 2. The number of rotatable bonds is 3. The molecule has 0 radical (unpaired) electrons. The van der Waals surface area contributed by atoms with Crippen LogP contribution in [0.1, 0.15) is 32.0 Å². The average molecular weight is 270 g/mol. The van der Waals surface area contributed by atoms with Gasteiger partial charge in [-0.25, -0.2) is 4.79 Å². The van der Waals surface area contributed by atoms with E-state index >= 15 is 0 Å². The Morgan fingerprint density at radius 3 is 2.50 bits per heavy atom. The highest BCUT2D eigenvalue weighted by atomic mass is 16.4. The molecule has 0 saturated carbocycles. The second-order valence-corrected chi connectivity index (χ2v) is 4.46. The Labute approximate surface area is 116 Å². The van der Waals surface area contributed by atoms with Crippen molar-refractivity contribution in [2.45, 2.75) is 13.8 Å². The maximum absolute atomic E-state index is 12.1. The molecule has 2 rings (SSSR count). The molecule has 2 N–H and O–H groups in total. The van der Waals surface area contributed by atoms with Crippen LogP contribution >= 0.6 is 0 Å². The molecule has 2 aromatic rings. The lowest BCUT2D eigenvalue weighted by atomic mass is 10.1. The molecule has 0 aliphatic carbocycles. The number of anilines is 1. The molecule has 102 valence electrons. The van der Waals surface area contributed by atoms with E-state index in [0.29, 0.717) is 16.9 Å². The number of benzene rings is 1. The fourth-order valence-electron chi connectivity index (χ4n) is 1.84. The Bertz CT molecular complexity index is 681. The number of carboxylic acids is 1. The average Bonchev–Trinajstić information content (AvgIpc) is 2.41. The summed E-state index contributed by atoms with van der Waals surface area (Å²) in [5, 5.41) is 11.6. The van der Waals surface area contributed by atoms with Crippen molar-refractivity contribution >= 4 is 17.6 Å². The lowest BCUT2D eigenvalue weighted by molar-refractivity contribution is 0.0696. The Balaban J connectivity index is 2.25. The zero-order valence-corrected chi connectivity index (χ0v) is 11.2. The van der Waals surface area contributed by atoms with E-state index in [1.54, 1.807) is 25.3 Å². The van der Waals surface area contributed by atoms with Crippen molar-refractivity contribution in [3.8, 4) is 0 Å². The van der Waals surface area contributed by atoms with E-state index in [1.807, 2.05) is 13.0 Å². The van der Waals surface area contributed by atoms with E-state index in [2.05, 4.69) is 10.3 Å². The van der Waals surface area contributed by atoms with Crippen molar-refractivity contribution in [1.82, 2.24) is 4.98 Å². The molecule has 5 nitrogen and oxygen atoms in total. The molecule has 1 heterocycles. The van der Waals surface area contributed by atoms with Gasteiger partial charge >= 0.3 is 5.97 Å². The predicted octanol–water partition coefficient (Wildman–Crippen LogP) is 2.65. The molecule has 0 spiro atoms. The minimum absolute atomic E-state index is 0.189. The maximum Gasteiger partial charge on any atom is 0.335 e. The highest BCUT2D eigenvalue weighted by Crippen LogP contribution is 2.18. The monoisotopic (exact) mass is 270 g/mol. The molecule has 0 atom stereocenters. The largest absolute Gasteiger partial charge is 0.478 e. The van der Waals surface area contributed by atoms with E-state index in [0.717, 1.165) is 5.56 Å². The molecule has 0 aliphatic rings. The molecule has 1 aromatic heterocycles. The van der Waals surface area contributed by atoms with Gasteiger partial charge in [0.15, 0.2) is 0 Å². The number of carbonyl (C=O) groups is 2. The van der Waals surface area contributed by atoms with Crippen molar-refractivity contribution in [3.63, 3.8) is 0 Å². The van der Waals surface area contributed by atoms with Crippen LogP contribution in [0.15, 0.2) is 36.5 Å². The summed E-state index contributed by atoms with van der Waals surface area (Å²) in [4.78, 5) is 27.0. The highest BCUT2D eigenvalue weighted by molar-refractivity contribution is 6.04. The molecular formula is C15H14N2O3. The molecule has 20 heavy (non-hydrogen) atoms. The normalized spacial score (nSPS) is 10.1. The van der Waals surface area contributed by atoms with Gasteiger partial charge in [0.05, 0.1) is 5.56 Å². The zero-order valence-electron chi connectivity index (χ0n) is 11.2. The first-order chi connectivity index (χ1) is 9.49. The number of hydrogen-bond acceptors (Lipinski definition) is 3. The van der Waals surface area contributed by atoms with E-state index in [1.165, 1.54) is 12.1 Å². The van der Waals surface area contributed by atoms with Crippen LogP contribution in [0.5, 0.6) is 0 Å². The van der Waals surface area contributed by atoms with Gasteiger partial charge in [0.25, 0.3) is 5.91 Å². The molecule has 0 saturated heterocycles. The van der Waals surface area contributed by atoms with Crippen molar-refractivity contribution < 1.29 is 14.7 Å². The number of hydrogen-bond donors (Lipinski definition) is 2. The van der Waals surface area contributed by atoms with E-state index in [-0.39, 0.29) is 11.5 Å². The first-order valence-electron chi connectivity index (χ1n) is 6.06. The van der Waals surface area contributed by atoms with E-state index in [9.17, 15) is 9.59 Å². The number of amides is 1. The number of nitrogens with one attached hydrogen (secondary N) is 1. The zero-order chi connectivity index (χ0) is 14.7. The Kier molecular flexibility index (Phi) is 3.79. The molecule has 0 fully saturated rings. The van der Waals surface area contributed by atoms with Gasteiger partial charge in [0.1, 0.15) is 5.69 Å². The van der Waals surface area contributed by atoms with Crippen LogP contribution < -0.4 is 5.32 Å². The van der Waals surface area contributed by atoms with Crippen LogP contribution in [0, 0.1) is 13.8 Å². The number of aromatic carboxylic acids is 1. The molecule has 0 aliphatic heterocycles. The van der Waals surface area contributed by atoms with E-state index in [4.69, 9.17) is 5.11 Å². The second kappa shape index (κ2) is 5.52. The molecule has 0 unspecified atom stereocenters. The SMILES string of the molecule is Cc1cc(C(=O)O)ccc1NC(=O)c1ncccc1C. The summed E-state index contributed by atoms with van der Waals surface area (Å²) in [7, 11) is 0. The van der Waals surface area contributed by atoms with Gasteiger partial charge in [0, 0.05) is 11.9 Å². The second-order valence-electron chi connectivity index (χ2n) is 4.46. The highest BCUT2D eigenvalue weighted by Gasteiger charge is 2.12. The first-order valence-corrected chi connectivity index (χ1v) is 6.06. The Morgan fingerprint density at radius 2 is 1.90 bits per heavy atom. The fourth-order valence-corrected chi connectivity index (χ4v) is 1.84. The number of carboxylic acid groups (broad SMARTS) is 1. The van der Waals surface area contributed by atoms with Crippen molar-refractivity contribution in [1.29, 1.82) is 0 Å². The minimum Gasteiger partial charge on any atom is -0.478 e. The third-order valence-electron chi connectivity index (χ3n) is 2.95. The van der Waals surface area contributed by atoms with Gasteiger partial charge in [0.2, 0.25) is 0 Å². The fraction of sp³-hybridized carbons (Fsp3) is 0.133. The van der Waals surface area contributed by atoms with Crippen molar-refractivity contribution in [2.75, 3.05) is 5.32 Å². The number of carbonyl (C=O) groups excluding carboxylic acids is 1. The van der Waals surface area contributed by atoms with Gasteiger partial charge in [-0.15, -0.1) is 0 Å². The number of nitrogens with zero attached hydrogens (tertiary/aromatic N) is 1. The van der Waals surface area contributed by atoms with Crippen molar-refractivity contribution in [2.24, 2.45) is 0 Å². The predicted molar refractivity (Wildman–Crippen MR) is 75.1 cm³/mol. The Hall–Kier alpha value is -2.69. The quantitative estimate of drug-likeness (QED) is 0.898. The van der Waals surface area contributed by atoms with Crippen LogP contribution in [-0.2, 0) is 0 Å². The summed E-state index contributed by atoms with van der Waals surface area (Å²) in [6.07, 6.45) is 1.56. The standard InChI is InChI=1S/C15H14N2O3/c1-9-4-3-7-16-13(9)14(18)17-12-6-5-11(15(19)20)8-10(12)2/h3-8H,1-2H3,(H,17,18)(H,19,20). The number of aromatic nitrogens is 1. The van der Waals surface area contributed by atoms with Gasteiger partial charge in [-0.3, -0.25) is 9.78 Å². The minimum atomic E-state index is -0.994. The summed E-state index contributed by atoms with van der Waals surface area (Å²) in [5.74, 6) is -1.30. The molecule has 1 aromatic carbocycles. The maximum atomic E-state index is 12.1. The first kappa shape index (κ1) is 13.7. The van der Waals surface area contributed by atoms with Gasteiger partial charge < -0.3 is 10.4 Å². The van der Waals surface area contributed by atoms with Crippen LogP contribution in [0.3, 0.4) is 0 Å². The third kappa shape index (κ3) is 2.83. The van der Waals surface area contributed by atoms with Gasteiger partial charge in [-0.2, -0.15) is 0 Å². The summed E-state index contributed by atoms with van der Waals surface area (Å²) < 4.78 is 0. The van der Waals surface area contributed by atoms with Crippen LogP contribution in [0.2, 0.25) is 0 Å². The lowest BCUT2D eigenvalue weighted by Crippen LogP contribution is -2.16. The van der Waals surface area contributed by atoms with Crippen LogP contribution in [0.4, 0.5) is 5.69 Å². The van der Waals surface area contributed by atoms with Crippen molar-refractivity contribution in [3.05, 3.63) is 58.9 Å². The summed E-state index contributed by atoms with van der Waals surface area (Å²) >= 11 is 0. The van der Waals surface area contributed by atoms with E-state index < -0.39 is 5.97 Å². The van der Waals surface area contributed by atoms with Gasteiger partial charge in [-0.1, -0.05) is 6.07 Å². The number of pyridine rings is 1. The molecular weight excluding hydrogens is 256 g/mol. The summed E-state index contributed by atoms with van der Waals surface area (Å²) in [6.45, 7) is 3.55.